The molecule has 0 fully saturated rings. The first-order valence-corrected chi connectivity index (χ1v) is 14.4. The van der Waals surface area contributed by atoms with Gasteiger partial charge in [-0.1, -0.05) is 63.4 Å². The molecule has 1 amide bonds. The van der Waals surface area contributed by atoms with Crippen LogP contribution in [0.25, 0.3) is 5.69 Å². The molecule has 0 atom stereocenters. The molecule has 0 saturated carbocycles. The number of aromatic nitrogens is 1. The van der Waals surface area contributed by atoms with Gasteiger partial charge in [-0.15, -0.1) is 0 Å². The van der Waals surface area contributed by atoms with Crippen molar-refractivity contribution in [3.63, 3.8) is 0 Å². The monoisotopic (exact) mass is 632 g/mol. The van der Waals surface area contributed by atoms with E-state index in [0.29, 0.717) is 0 Å². The number of anilines is 1. The van der Waals surface area contributed by atoms with Gasteiger partial charge in [0.1, 0.15) is 6.54 Å². The van der Waals surface area contributed by atoms with Crippen LogP contribution in [0.5, 0.6) is 0 Å². The van der Waals surface area contributed by atoms with Gasteiger partial charge < -0.3 is 4.57 Å². The highest BCUT2D eigenvalue weighted by molar-refractivity contribution is 9.10. The Hall–Kier alpha value is -3.11. The van der Waals surface area contributed by atoms with Gasteiger partial charge in [0.15, 0.2) is 0 Å². The third kappa shape index (κ3) is 5.96. The summed E-state index contributed by atoms with van der Waals surface area (Å²) in [6.45, 7) is 3.37. The maximum Gasteiger partial charge on any atom is 0.264 e. The number of nitrogens with one attached hydrogen (secondary N) is 1. The summed E-state index contributed by atoms with van der Waals surface area (Å²) in [6, 6.07) is 22.2. The molecule has 0 bridgehead atoms. The van der Waals surface area contributed by atoms with Gasteiger partial charge in [0.25, 0.3) is 15.9 Å². The highest BCUT2D eigenvalue weighted by atomic mass is 79.9. The molecule has 7 nitrogen and oxygen atoms in total. The van der Waals surface area contributed by atoms with Crippen molar-refractivity contribution in [3.05, 3.63) is 110 Å². The average Bonchev–Trinajstić information content (AvgIpc) is 3.18. The molecule has 38 heavy (non-hydrogen) atoms. The number of aryl methyl sites for hydroxylation is 1. The maximum absolute atomic E-state index is 13.5. The van der Waals surface area contributed by atoms with E-state index in [9.17, 15) is 13.2 Å². The normalized spacial score (nSPS) is 11.6. The Morgan fingerprint density at radius 1 is 1.03 bits per heavy atom. The lowest BCUT2D eigenvalue weighted by atomic mass is 10.2. The number of halogens is 3. The van der Waals surface area contributed by atoms with Crippen LogP contribution >= 0.6 is 39.1 Å². The van der Waals surface area contributed by atoms with Crippen molar-refractivity contribution in [2.45, 2.75) is 18.7 Å². The molecule has 0 unspecified atom stereocenters. The van der Waals surface area contributed by atoms with E-state index in [1.807, 2.05) is 44.2 Å². The Morgan fingerprint density at radius 3 is 2.39 bits per heavy atom. The molecule has 0 saturated heterocycles. The molecule has 196 valence electrons. The lowest BCUT2D eigenvalue weighted by molar-refractivity contribution is -0.119. The zero-order valence-electron chi connectivity index (χ0n) is 20.4. The zero-order valence-corrected chi connectivity index (χ0v) is 24.3. The van der Waals surface area contributed by atoms with Gasteiger partial charge in [0.2, 0.25) is 0 Å². The second kappa shape index (κ2) is 11.7. The fourth-order valence-corrected chi connectivity index (χ4v) is 6.12. The lowest BCUT2D eigenvalue weighted by Gasteiger charge is -2.24. The molecule has 0 radical (unpaired) electrons. The molecule has 4 rings (SSSR count). The van der Waals surface area contributed by atoms with Crippen LogP contribution in [0.4, 0.5) is 5.69 Å². The summed E-state index contributed by atoms with van der Waals surface area (Å²) < 4.78 is 30.9. The van der Waals surface area contributed by atoms with Gasteiger partial charge in [-0.25, -0.2) is 13.8 Å². The van der Waals surface area contributed by atoms with Crippen molar-refractivity contribution in [3.8, 4) is 5.69 Å². The van der Waals surface area contributed by atoms with E-state index in [-0.39, 0.29) is 20.6 Å². The van der Waals surface area contributed by atoms with Crippen LogP contribution in [0, 0.1) is 13.8 Å². The first-order valence-electron chi connectivity index (χ1n) is 11.4. The Balaban J connectivity index is 1.57. The minimum atomic E-state index is -4.14. The molecule has 0 spiro atoms. The number of nitrogens with zero attached hydrogens (tertiary/aromatic N) is 3. The summed E-state index contributed by atoms with van der Waals surface area (Å²) in [5.74, 6) is -0.654. The molecule has 0 aliphatic rings. The van der Waals surface area contributed by atoms with Gasteiger partial charge in [0, 0.05) is 27.1 Å². The second-order valence-corrected chi connectivity index (χ2v) is 11.9. The Labute approximate surface area is 239 Å². The Morgan fingerprint density at radius 2 is 1.71 bits per heavy atom. The van der Waals surface area contributed by atoms with Crippen LogP contribution in [-0.2, 0) is 14.8 Å². The Kier molecular flexibility index (Phi) is 8.62. The third-order valence-corrected chi connectivity index (χ3v) is 8.88. The molecular weight excluding hydrogens is 611 g/mol. The first kappa shape index (κ1) is 27.9. The van der Waals surface area contributed by atoms with Gasteiger partial charge in [0.05, 0.1) is 26.8 Å². The van der Waals surface area contributed by atoms with Crippen molar-refractivity contribution < 1.29 is 13.2 Å². The predicted molar refractivity (Wildman–Crippen MR) is 156 cm³/mol. The van der Waals surface area contributed by atoms with Crippen LogP contribution in [0.15, 0.2) is 93.3 Å². The van der Waals surface area contributed by atoms with Crippen molar-refractivity contribution in [1.29, 1.82) is 0 Å². The molecule has 3 aromatic carbocycles. The number of hydrazone groups is 1. The number of carbonyl (C=O) groups is 1. The van der Waals surface area contributed by atoms with Crippen molar-refractivity contribution in [2.24, 2.45) is 5.10 Å². The van der Waals surface area contributed by atoms with Crippen LogP contribution < -0.4 is 9.73 Å². The third-order valence-electron chi connectivity index (χ3n) is 5.77. The van der Waals surface area contributed by atoms with E-state index in [4.69, 9.17) is 23.2 Å². The van der Waals surface area contributed by atoms with E-state index < -0.39 is 22.5 Å². The topological polar surface area (TPSA) is 83.8 Å². The quantitative estimate of drug-likeness (QED) is 0.177. The number of carbonyl (C=O) groups excluding carboxylic acids is 1. The zero-order chi connectivity index (χ0) is 27.4. The number of amides is 1. The van der Waals surface area contributed by atoms with Crippen molar-refractivity contribution in [2.75, 3.05) is 10.8 Å². The van der Waals surface area contributed by atoms with E-state index in [1.165, 1.54) is 30.5 Å². The van der Waals surface area contributed by atoms with Gasteiger partial charge in [-0.05, 0) is 68.4 Å². The Bertz CT molecular complexity index is 1610. The largest absolute Gasteiger partial charge is 0.318 e. The molecule has 0 aliphatic carbocycles. The number of hydrogen-bond acceptors (Lipinski definition) is 4. The molecule has 11 heteroatoms. The number of hydrogen-bond donors (Lipinski definition) is 1. The summed E-state index contributed by atoms with van der Waals surface area (Å²) in [7, 11) is -4.14. The molecular formula is C27H23BrCl2N4O3S. The number of rotatable bonds is 8. The minimum Gasteiger partial charge on any atom is -0.318 e. The number of benzene rings is 3. The van der Waals surface area contributed by atoms with Crippen LogP contribution in [0.2, 0.25) is 10.0 Å². The molecule has 1 aromatic heterocycles. The maximum atomic E-state index is 13.5. The second-order valence-electron chi connectivity index (χ2n) is 8.33. The smallest absolute Gasteiger partial charge is 0.264 e. The summed E-state index contributed by atoms with van der Waals surface area (Å²) in [4.78, 5) is 12.9. The van der Waals surface area contributed by atoms with E-state index in [0.717, 1.165) is 31.4 Å². The van der Waals surface area contributed by atoms with Crippen molar-refractivity contribution in [1.82, 2.24) is 9.99 Å². The molecule has 1 N–H and O–H groups in total. The summed E-state index contributed by atoms with van der Waals surface area (Å²) in [6.07, 6.45) is 1.53. The molecule has 1 heterocycles. The minimum absolute atomic E-state index is 0.00715. The standard InChI is InChI=1S/C27H23BrCl2N4O3S/c1-18-15-20(19(2)34(18)22-13-11-21(28)12-14-22)16-31-32-26(35)17-33(25-10-6-9-24(29)27(25)30)38(36,37)23-7-4-3-5-8-23/h3-16H,17H2,1-2H3,(H,32,35)/b31-16+. The summed E-state index contributed by atoms with van der Waals surface area (Å²) in [5, 5.41) is 4.26. The molecule has 0 aliphatic heterocycles. The fourth-order valence-electron chi connectivity index (χ4n) is 3.95. The lowest BCUT2D eigenvalue weighted by Crippen LogP contribution is -2.39. The van der Waals surface area contributed by atoms with Gasteiger partial charge >= 0.3 is 0 Å². The van der Waals surface area contributed by atoms with Gasteiger partial charge in [-0.3, -0.25) is 9.10 Å². The first-order chi connectivity index (χ1) is 18.1. The van der Waals surface area contributed by atoms with Crippen LogP contribution in [0.1, 0.15) is 17.0 Å². The summed E-state index contributed by atoms with van der Waals surface area (Å²) in [5.41, 5.74) is 6.23. The van der Waals surface area contributed by atoms with E-state index >= 15 is 0 Å². The van der Waals surface area contributed by atoms with E-state index in [2.05, 4.69) is 31.0 Å². The predicted octanol–water partition coefficient (Wildman–Crippen LogP) is 6.51. The average molecular weight is 634 g/mol. The fraction of sp³-hybridized carbons (Fsp3) is 0.111. The van der Waals surface area contributed by atoms with Crippen LogP contribution in [0.3, 0.4) is 0 Å². The summed E-state index contributed by atoms with van der Waals surface area (Å²) >= 11 is 15.9. The highest BCUT2D eigenvalue weighted by Crippen LogP contribution is 2.35. The molecule has 4 aromatic rings. The van der Waals surface area contributed by atoms with Gasteiger partial charge in [-0.2, -0.15) is 5.10 Å². The SMILES string of the molecule is Cc1cc(/C=N/NC(=O)CN(c2cccc(Cl)c2Cl)S(=O)(=O)c2ccccc2)c(C)n1-c1ccc(Br)cc1. The number of sulfonamides is 1. The van der Waals surface area contributed by atoms with Crippen LogP contribution in [-0.4, -0.2) is 31.7 Å². The van der Waals surface area contributed by atoms with Crippen molar-refractivity contribution >= 4 is 67.0 Å². The van der Waals surface area contributed by atoms with E-state index in [1.54, 1.807) is 24.3 Å². The highest BCUT2D eigenvalue weighted by Gasteiger charge is 2.29.